The molecular formula is C17H20F2N4O. The standard InChI is InChI=1S/C17H20F2N4O/c1-11(24)21-16-10-23(8-12-14(18)4-3-5-15(12)19)9-13(16)17-20-6-7-22(17)2/h3-7,13,16H,8-10H2,1-2H3,(H,21,24)/t13-,16-/m1/s1. The maximum Gasteiger partial charge on any atom is 0.217 e. The second-order valence-corrected chi connectivity index (χ2v) is 6.20. The smallest absolute Gasteiger partial charge is 0.217 e. The van der Waals surface area contributed by atoms with E-state index in [0.29, 0.717) is 13.1 Å². The fraction of sp³-hybridized carbons (Fsp3) is 0.412. The molecule has 3 rings (SSSR count). The second kappa shape index (κ2) is 6.68. The van der Waals surface area contributed by atoms with Crippen molar-refractivity contribution >= 4 is 5.91 Å². The van der Waals surface area contributed by atoms with Crippen LogP contribution in [0.4, 0.5) is 8.78 Å². The Morgan fingerprint density at radius 3 is 2.62 bits per heavy atom. The normalized spacial score (nSPS) is 21.2. The summed E-state index contributed by atoms with van der Waals surface area (Å²) in [5.41, 5.74) is 0.0552. The van der Waals surface area contributed by atoms with Crippen molar-refractivity contribution in [1.29, 1.82) is 0 Å². The zero-order valence-electron chi connectivity index (χ0n) is 13.7. The predicted octanol–water partition coefficient (Wildman–Crippen LogP) is 1.80. The Morgan fingerprint density at radius 2 is 2.04 bits per heavy atom. The number of benzene rings is 1. The van der Waals surface area contributed by atoms with E-state index in [0.717, 1.165) is 5.82 Å². The van der Waals surface area contributed by atoms with Gasteiger partial charge in [-0.3, -0.25) is 9.69 Å². The van der Waals surface area contributed by atoms with Crippen LogP contribution in [0.3, 0.4) is 0 Å². The third kappa shape index (κ3) is 3.31. The lowest BCUT2D eigenvalue weighted by atomic mass is 10.0. The molecule has 1 aliphatic heterocycles. The number of aryl methyl sites for hydroxylation is 1. The van der Waals surface area contributed by atoms with Crippen LogP contribution in [0.1, 0.15) is 24.2 Å². The average molecular weight is 334 g/mol. The Bertz CT molecular complexity index is 726. The molecule has 1 fully saturated rings. The molecule has 1 N–H and O–H groups in total. The van der Waals surface area contributed by atoms with Crippen molar-refractivity contribution in [3.8, 4) is 0 Å². The van der Waals surface area contributed by atoms with Crippen molar-refractivity contribution in [2.45, 2.75) is 25.4 Å². The van der Waals surface area contributed by atoms with Crippen LogP contribution >= 0.6 is 0 Å². The summed E-state index contributed by atoms with van der Waals surface area (Å²) in [5, 5.41) is 2.93. The SMILES string of the molecule is CC(=O)N[C@@H]1CN(Cc2c(F)cccc2F)C[C@H]1c1nccn1C. The molecule has 1 aliphatic rings. The molecule has 128 valence electrons. The molecule has 0 unspecified atom stereocenters. The monoisotopic (exact) mass is 334 g/mol. The molecule has 24 heavy (non-hydrogen) atoms. The van der Waals surface area contributed by atoms with Crippen LogP contribution in [-0.4, -0.2) is 39.5 Å². The van der Waals surface area contributed by atoms with Gasteiger partial charge < -0.3 is 9.88 Å². The summed E-state index contributed by atoms with van der Waals surface area (Å²) >= 11 is 0. The zero-order valence-corrected chi connectivity index (χ0v) is 13.7. The molecule has 1 aromatic heterocycles. The van der Waals surface area contributed by atoms with Crippen LogP contribution in [0.5, 0.6) is 0 Å². The number of rotatable bonds is 4. The van der Waals surface area contributed by atoms with Gasteiger partial charge in [-0.05, 0) is 12.1 Å². The lowest BCUT2D eigenvalue weighted by molar-refractivity contribution is -0.119. The van der Waals surface area contributed by atoms with Gasteiger partial charge in [0, 0.05) is 51.6 Å². The van der Waals surface area contributed by atoms with Crippen molar-refractivity contribution in [3.63, 3.8) is 0 Å². The maximum absolute atomic E-state index is 13.9. The van der Waals surface area contributed by atoms with Gasteiger partial charge in [-0.25, -0.2) is 13.8 Å². The van der Waals surface area contributed by atoms with E-state index in [1.165, 1.54) is 25.1 Å². The first-order chi connectivity index (χ1) is 11.5. The summed E-state index contributed by atoms with van der Waals surface area (Å²) < 4.78 is 29.7. The Morgan fingerprint density at radius 1 is 1.33 bits per heavy atom. The van der Waals surface area contributed by atoms with Crippen LogP contribution in [0.2, 0.25) is 0 Å². The fourth-order valence-corrected chi connectivity index (χ4v) is 3.32. The largest absolute Gasteiger partial charge is 0.352 e. The van der Waals surface area contributed by atoms with Crippen molar-refractivity contribution in [2.24, 2.45) is 7.05 Å². The number of carbonyl (C=O) groups excluding carboxylic acids is 1. The number of nitrogens with zero attached hydrogens (tertiary/aromatic N) is 3. The van der Waals surface area contributed by atoms with Crippen molar-refractivity contribution < 1.29 is 13.6 Å². The Labute approximate surface area is 139 Å². The number of halogens is 2. The summed E-state index contributed by atoms with van der Waals surface area (Å²) in [5.74, 6) is -0.398. The number of aromatic nitrogens is 2. The first-order valence-corrected chi connectivity index (χ1v) is 7.85. The van der Waals surface area contributed by atoms with Gasteiger partial charge in [0.25, 0.3) is 0 Å². The van der Waals surface area contributed by atoms with Crippen LogP contribution in [0, 0.1) is 11.6 Å². The Hall–Kier alpha value is -2.28. The van der Waals surface area contributed by atoms with E-state index in [1.807, 2.05) is 22.7 Å². The van der Waals surface area contributed by atoms with Gasteiger partial charge in [0.15, 0.2) is 0 Å². The van der Waals surface area contributed by atoms with Gasteiger partial charge in [0.05, 0.1) is 12.0 Å². The quantitative estimate of drug-likeness (QED) is 0.928. The van der Waals surface area contributed by atoms with Gasteiger partial charge in [-0.2, -0.15) is 0 Å². The number of likely N-dealkylation sites (tertiary alicyclic amines) is 1. The summed E-state index contributed by atoms with van der Waals surface area (Å²) in [6.45, 7) is 2.72. The van der Waals surface area contributed by atoms with Gasteiger partial charge in [-0.15, -0.1) is 0 Å². The van der Waals surface area contributed by atoms with E-state index in [4.69, 9.17) is 0 Å². The summed E-state index contributed by atoms with van der Waals surface area (Å²) in [6.07, 6.45) is 3.55. The van der Waals surface area contributed by atoms with Crippen molar-refractivity contribution in [2.75, 3.05) is 13.1 Å². The lowest BCUT2D eigenvalue weighted by Crippen LogP contribution is -2.39. The maximum atomic E-state index is 13.9. The molecule has 0 spiro atoms. The third-order valence-electron chi connectivity index (χ3n) is 4.42. The molecule has 2 atom stereocenters. The Kier molecular flexibility index (Phi) is 4.62. The van der Waals surface area contributed by atoms with E-state index in [2.05, 4.69) is 10.3 Å². The molecular weight excluding hydrogens is 314 g/mol. The number of nitrogens with one attached hydrogen (secondary N) is 1. The van der Waals surface area contributed by atoms with E-state index in [1.54, 1.807) is 6.20 Å². The minimum Gasteiger partial charge on any atom is -0.352 e. The third-order valence-corrected chi connectivity index (χ3v) is 4.42. The minimum atomic E-state index is -0.550. The number of carbonyl (C=O) groups is 1. The molecule has 7 heteroatoms. The molecule has 1 aromatic carbocycles. The molecule has 0 radical (unpaired) electrons. The number of imidazole rings is 1. The van der Waals surface area contributed by atoms with Gasteiger partial charge in [0.2, 0.25) is 5.91 Å². The summed E-state index contributed by atoms with van der Waals surface area (Å²) in [7, 11) is 1.90. The van der Waals surface area contributed by atoms with Crippen LogP contribution in [0.15, 0.2) is 30.6 Å². The summed E-state index contributed by atoms with van der Waals surface area (Å²) in [4.78, 5) is 17.8. The average Bonchev–Trinajstić information content (AvgIpc) is 3.08. The first kappa shape index (κ1) is 16.6. The predicted molar refractivity (Wildman–Crippen MR) is 85.2 cm³/mol. The van der Waals surface area contributed by atoms with Gasteiger partial charge in [-0.1, -0.05) is 6.07 Å². The highest BCUT2D eigenvalue weighted by Gasteiger charge is 2.37. The highest BCUT2D eigenvalue weighted by Crippen LogP contribution is 2.28. The second-order valence-electron chi connectivity index (χ2n) is 6.20. The number of amides is 1. The molecule has 5 nitrogen and oxygen atoms in total. The van der Waals surface area contributed by atoms with Crippen LogP contribution < -0.4 is 5.32 Å². The molecule has 0 saturated carbocycles. The fourth-order valence-electron chi connectivity index (χ4n) is 3.32. The van der Waals surface area contributed by atoms with Gasteiger partial charge >= 0.3 is 0 Å². The minimum absolute atomic E-state index is 0.0243. The van der Waals surface area contributed by atoms with E-state index in [-0.39, 0.29) is 30.0 Å². The van der Waals surface area contributed by atoms with Crippen LogP contribution in [0.25, 0.3) is 0 Å². The molecule has 2 heterocycles. The summed E-state index contributed by atoms with van der Waals surface area (Å²) in [6, 6.07) is 3.74. The van der Waals surface area contributed by atoms with Crippen molar-refractivity contribution in [1.82, 2.24) is 19.8 Å². The van der Waals surface area contributed by atoms with E-state index in [9.17, 15) is 13.6 Å². The van der Waals surface area contributed by atoms with Crippen molar-refractivity contribution in [3.05, 3.63) is 53.6 Å². The molecule has 0 aliphatic carbocycles. The molecule has 0 bridgehead atoms. The topological polar surface area (TPSA) is 50.2 Å². The van der Waals surface area contributed by atoms with E-state index >= 15 is 0 Å². The number of hydrogen-bond donors (Lipinski definition) is 1. The van der Waals surface area contributed by atoms with E-state index < -0.39 is 11.6 Å². The Balaban J connectivity index is 1.82. The van der Waals surface area contributed by atoms with Crippen LogP contribution in [-0.2, 0) is 18.4 Å². The molecule has 1 amide bonds. The first-order valence-electron chi connectivity index (χ1n) is 7.85. The zero-order chi connectivity index (χ0) is 17.3. The molecule has 2 aromatic rings. The highest BCUT2D eigenvalue weighted by molar-refractivity contribution is 5.73. The highest BCUT2D eigenvalue weighted by atomic mass is 19.1. The molecule has 1 saturated heterocycles. The lowest BCUT2D eigenvalue weighted by Gasteiger charge is -2.18. The number of hydrogen-bond acceptors (Lipinski definition) is 3. The van der Waals surface area contributed by atoms with Gasteiger partial charge in [0.1, 0.15) is 17.5 Å².